The van der Waals surface area contributed by atoms with Crippen molar-refractivity contribution in [2.24, 2.45) is 0 Å². The quantitative estimate of drug-likeness (QED) is 0.755. The van der Waals surface area contributed by atoms with E-state index in [0.29, 0.717) is 12.1 Å². The van der Waals surface area contributed by atoms with Crippen LogP contribution >= 0.6 is 0 Å². The molecule has 2 aromatic carbocycles. The second kappa shape index (κ2) is 5.48. The number of benzene rings is 2. The highest BCUT2D eigenvalue weighted by Crippen LogP contribution is 2.31. The summed E-state index contributed by atoms with van der Waals surface area (Å²) < 4.78 is 0. The first-order valence-corrected chi connectivity index (χ1v) is 7.20. The van der Waals surface area contributed by atoms with Gasteiger partial charge < -0.3 is 16.4 Å². The van der Waals surface area contributed by atoms with Crippen molar-refractivity contribution in [3.8, 4) is 0 Å². The highest BCUT2D eigenvalue weighted by molar-refractivity contribution is 6.00. The van der Waals surface area contributed by atoms with E-state index >= 15 is 0 Å². The lowest BCUT2D eigenvalue weighted by Gasteiger charge is -2.13. The van der Waals surface area contributed by atoms with Gasteiger partial charge in [0.05, 0.1) is 17.8 Å². The Bertz CT molecular complexity index is 694. The number of carbonyl (C=O) groups is 1. The Morgan fingerprint density at radius 2 is 2.00 bits per heavy atom. The third kappa shape index (κ3) is 2.70. The average Bonchev–Trinajstić information content (AvgIpc) is 2.84. The van der Waals surface area contributed by atoms with Gasteiger partial charge >= 0.3 is 0 Å². The predicted molar refractivity (Wildman–Crippen MR) is 86.3 cm³/mol. The summed E-state index contributed by atoms with van der Waals surface area (Å²) in [5.41, 5.74) is 12.0. The minimum atomic E-state index is 0.0258. The van der Waals surface area contributed by atoms with Crippen LogP contribution in [0.15, 0.2) is 36.4 Å². The van der Waals surface area contributed by atoms with E-state index < -0.39 is 0 Å². The fourth-order valence-electron chi connectivity index (χ4n) is 2.71. The van der Waals surface area contributed by atoms with Crippen molar-refractivity contribution in [3.63, 3.8) is 0 Å². The minimum Gasteiger partial charge on any atom is -0.397 e. The van der Waals surface area contributed by atoms with Gasteiger partial charge in [-0.25, -0.2) is 0 Å². The molecule has 0 saturated carbocycles. The molecular weight excluding hydrogens is 262 g/mol. The van der Waals surface area contributed by atoms with Gasteiger partial charge in [0.25, 0.3) is 0 Å². The maximum atomic E-state index is 11.4. The zero-order valence-electron chi connectivity index (χ0n) is 12.1. The smallest absolute Gasteiger partial charge is 0.228 e. The third-order valence-electron chi connectivity index (χ3n) is 3.87. The van der Waals surface area contributed by atoms with Gasteiger partial charge in [-0.15, -0.1) is 0 Å². The number of hydrogen-bond acceptors (Lipinski definition) is 3. The van der Waals surface area contributed by atoms with Crippen LogP contribution in [0.5, 0.6) is 0 Å². The van der Waals surface area contributed by atoms with Crippen LogP contribution < -0.4 is 16.4 Å². The van der Waals surface area contributed by atoms with Gasteiger partial charge in [0.15, 0.2) is 0 Å². The molecule has 0 unspecified atom stereocenters. The van der Waals surface area contributed by atoms with Crippen molar-refractivity contribution in [3.05, 3.63) is 53.1 Å². The highest BCUT2D eigenvalue weighted by Gasteiger charge is 2.19. The summed E-state index contributed by atoms with van der Waals surface area (Å²) in [6, 6.07) is 12.2. The predicted octanol–water partition coefficient (Wildman–Crippen LogP) is 2.94. The number of rotatable bonds is 4. The van der Waals surface area contributed by atoms with Crippen molar-refractivity contribution < 1.29 is 4.79 Å². The average molecular weight is 281 g/mol. The van der Waals surface area contributed by atoms with Crippen LogP contribution in [0.25, 0.3) is 0 Å². The van der Waals surface area contributed by atoms with Crippen LogP contribution in [0, 0.1) is 0 Å². The molecule has 1 amide bonds. The molecule has 0 radical (unpaired) electrons. The first kappa shape index (κ1) is 13.5. The number of amides is 1. The van der Waals surface area contributed by atoms with Crippen molar-refractivity contribution in [1.29, 1.82) is 0 Å². The highest BCUT2D eigenvalue weighted by atomic mass is 16.1. The molecule has 21 heavy (non-hydrogen) atoms. The number of nitrogens with one attached hydrogen (secondary N) is 2. The molecule has 0 saturated heterocycles. The molecule has 0 bridgehead atoms. The van der Waals surface area contributed by atoms with Gasteiger partial charge in [0, 0.05) is 12.2 Å². The van der Waals surface area contributed by atoms with Crippen LogP contribution in [0.3, 0.4) is 0 Å². The molecule has 0 aromatic heterocycles. The van der Waals surface area contributed by atoms with Crippen LogP contribution in [0.1, 0.15) is 23.6 Å². The number of anilines is 3. The normalized spacial score (nSPS) is 12.9. The number of hydrogen-bond donors (Lipinski definition) is 3. The number of fused-ring (bicyclic) bond motifs is 1. The van der Waals surface area contributed by atoms with Gasteiger partial charge in [0.2, 0.25) is 5.91 Å². The largest absolute Gasteiger partial charge is 0.397 e. The molecular formula is C17H19N3O. The van der Waals surface area contributed by atoms with Gasteiger partial charge in [-0.05, 0) is 35.2 Å². The number of aryl methyl sites for hydroxylation is 1. The standard InChI is InChI=1S/C17H19N3O/c1-2-11-5-3-4-6-12(11)10-19-16-9-15-13(7-14(16)18)8-17(21)20-15/h3-7,9,19H,2,8,10,18H2,1H3,(H,20,21). The summed E-state index contributed by atoms with van der Waals surface area (Å²) >= 11 is 0. The van der Waals surface area contributed by atoms with Crippen molar-refractivity contribution >= 4 is 23.0 Å². The van der Waals surface area contributed by atoms with Crippen molar-refractivity contribution in [2.45, 2.75) is 26.3 Å². The van der Waals surface area contributed by atoms with Crippen LogP contribution in [0.4, 0.5) is 17.1 Å². The molecule has 0 atom stereocenters. The summed E-state index contributed by atoms with van der Waals surface area (Å²) in [5.74, 6) is 0.0258. The molecule has 0 aliphatic carbocycles. The second-order valence-corrected chi connectivity index (χ2v) is 5.30. The lowest BCUT2D eigenvalue weighted by atomic mass is 10.0. The molecule has 108 valence electrons. The molecule has 1 heterocycles. The number of carbonyl (C=O) groups excluding carboxylic acids is 1. The molecule has 4 nitrogen and oxygen atoms in total. The van der Waals surface area contributed by atoms with Gasteiger partial charge in [0.1, 0.15) is 0 Å². The molecule has 0 spiro atoms. The Morgan fingerprint density at radius 1 is 1.24 bits per heavy atom. The maximum Gasteiger partial charge on any atom is 0.228 e. The fraction of sp³-hybridized carbons (Fsp3) is 0.235. The van der Waals surface area contributed by atoms with Crippen LogP contribution in [0.2, 0.25) is 0 Å². The minimum absolute atomic E-state index is 0.0258. The maximum absolute atomic E-state index is 11.4. The number of nitrogens with two attached hydrogens (primary N) is 1. The van der Waals surface area contributed by atoms with E-state index in [1.165, 1.54) is 11.1 Å². The molecule has 0 fully saturated rings. The first-order chi connectivity index (χ1) is 10.2. The molecule has 1 aliphatic rings. The van der Waals surface area contributed by atoms with Crippen molar-refractivity contribution in [2.75, 3.05) is 16.4 Å². The molecule has 2 aromatic rings. The van der Waals surface area contributed by atoms with Crippen LogP contribution in [-0.2, 0) is 24.2 Å². The summed E-state index contributed by atoms with van der Waals surface area (Å²) in [6.07, 6.45) is 1.42. The zero-order chi connectivity index (χ0) is 14.8. The SMILES string of the molecule is CCc1ccccc1CNc1cc2c(cc1N)CC(=O)N2. The summed E-state index contributed by atoms with van der Waals surface area (Å²) in [6.45, 7) is 2.87. The van der Waals surface area contributed by atoms with E-state index in [-0.39, 0.29) is 5.91 Å². The van der Waals surface area contributed by atoms with Gasteiger partial charge in [-0.1, -0.05) is 31.2 Å². The lowest BCUT2D eigenvalue weighted by molar-refractivity contribution is -0.115. The number of nitrogen functional groups attached to an aromatic ring is 1. The molecule has 4 heteroatoms. The van der Waals surface area contributed by atoms with E-state index in [0.717, 1.165) is 29.9 Å². The summed E-state index contributed by atoms with van der Waals surface area (Å²) in [7, 11) is 0. The van der Waals surface area contributed by atoms with Gasteiger partial charge in [-0.3, -0.25) is 4.79 Å². The first-order valence-electron chi connectivity index (χ1n) is 7.20. The molecule has 3 rings (SSSR count). The zero-order valence-corrected chi connectivity index (χ0v) is 12.1. The van der Waals surface area contributed by atoms with E-state index in [1.807, 2.05) is 18.2 Å². The monoisotopic (exact) mass is 281 g/mol. The van der Waals surface area contributed by atoms with E-state index in [2.05, 4.69) is 35.8 Å². The van der Waals surface area contributed by atoms with Gasteiger partial charge in [-0.2, -0.15) is 0 Å². The topological polar surface area (TPSA) is 67.1 Å². The van der Waals surface area contributed by atoms with Crippen LogP contribution in [-0.4, -0.2) is 5.91 Å². The van der Waals surface area contributed by atoms with E-state index in [1.54, 1.807) is 0 Å². The summed E-state index contributed by atoms with van der Waals surface area (Å²) in [5, 5.41) is 6.22. The van der Waals surface area contributed by atoms with Crippen molar-refractivity contribution in [1.82, 2.24) is 0 Å². The third-order valence-corrected chi connectivity index (χ3v) is 3.87. The van der Waals surface area contributed by atoms with E-state index in [9.17, 15) is 4.79 Å². The Morgan fingerprint density at radius 3 is 2.76 bits per heavy atom. The molecule has 1 aliphatic heterocycles. The Hall–Kier alpha value is -2.49. The summed E-state index contributed by atoms with van der Waals surface area (Å²) in [4.78, 5) is 11.4. The Balaban J connectivity index is 1.80. The molecule has 4 N–H and O–H groups in total. The fourth-order valence-corrected chi connectivity index (χ4v) is 2.71. The second-order valence-electron chi connectivity index (χ2n) is 5.30. The Labute approximate surface area is 124 Å². The van der Waals surface area contributed by atoms with E-state index in [4.69, 9.17) is 5.73 Å². The Kier molecular flexibility index (Phi) is 3.52. The lowest BCUT2D eigenvalue weighted by Crippen LogP contribution is -2.05.